The maximum atomic E-state index is 13.1. The van der Waals surface area contributed by atoms with Crippen LogP contribution in [0.2, 0.25) is 0 Å². The summed E-state index contributed by atoms with van der Waals surface area (Å²) in [7, 11) is -9.96. The SMILES string of the molecule is CC/C=C\C/C=C\C/C=C\C/C=C\CCCCCCCCC(=O)OCC(COP(=O)(O)OCC(O)COP(=O)(O)OCC(COC(=O)CCCCCCCCCCCCCCCCC)OC(=O)CCCCCCCCCCCCCCCCC)OC(=O)CCCCCCC/C=C\C/C=C\C/C=C\CC. The summed E-state index contributed by atoms with van der Waals surface area (Å²) in [6.07, 6.45) is 81.2. The molecule has 0 bridgehead atoms. The Morgan fingerprint density at radius 3 is 0.769 bits per heavy atom. The van der Waals surface area contributed by atoms with E-state index in [0.29, 0.717) is 25.7 Å². The van der Waals surface area contributed by atoms with E-state index < -0.39 is 97.5 Å². The number of hydrogen-bond donors (Lipinski definition) is 3. The fraction of sp³-hybridized carbons (Fsp3) is 0.788. The van der Waals surface area contributed by atoms with Crippen LogP contribution in [-0.2, 0) is 65.4 Å². The van der Waals surface area contributed by atoms with E-state index in [2.05, 4.69) is 113 Å². The van der Waals surface area contributed by atoms with Crippen LogP contribution in [0.5, 0.6) is 0 Å². The molecule has 0 saturated carbocycles. The zero-order valence-corrected chi connectivity index (χ0v) is 68.0. The van der Waals surface area contributed by atoms with Crippen LogP contribution in [0.15, 0.2) is 85.1 Å². The summed E-state index contributed by atoms with van der Waals surface area (Å²) in [4.78, 5) is 73.1. The Kier molecular flexibility index (Phi) is 74.6. The van der Waals surface area contributed by atoms with Gasteiger partial charge < -0.3 is 33.8 Å². The van der Waals surface area contributed by atoms with Gasteiger partial charge in [-0.3, -0.25) is 37.3 Å². The number of rotatable bonds is 79. The largest absolute Gasteiger partial charge is 0.472 e. The van der Waals surface area contributed by atoms with Gasteiger partial charge in [-0.2, -0.15) is 0 Å². The molecule has 5 unspecified atom stereocenters. The average Bonchev–Trinajstić information content (AvgIpc) is 0.918. The van der Waals surface area contributed by atoms with Gasteiger partial charge in [0.05, 0.1) is 26.4 Å². The first-order valence-corrected chi connectivity index (χ1v) is 44.8. The van der Waals surface area contributed by atoms with Gasteiger partial charge in [0.25, 0.3) is 0 Å². The lowest BCUT2D eigenvalue weighted by atomic mass is 10.0. The fourth-order valence-electron chi connectivity index (χ4n) is 11.6. The number of aliphatic hydroxyl groups excluding tert-OH is 1. The van der Waals surface area contributed by atoms with E-state index in [0.717, 1.165) is 161 Å². The van der Waals surface area contributed by atoms with Crippen molar-refractivity contribution in [3.8, 4) is 0 Å². The van der Waals surface area contributed by atoms with E-state index in [1.54, 1.807) is 0 Å². The number of carbonyl (C=O) groups is 4. The Balaban J connectivity index is 5.34. The predicted molar refractivity (Wildman–Crippen MR) is 427 cm³/mol. The third-order valence-electron chi connectivity index (χ3n) is 17.9. The summed E-state index contributed by atoms with van der Waals surface area (Å²) in [6.45, 7) is 4.70. The zero-order chi connectivity index (χ0) is 76.0. The van der Waals surface area contributed by atoms with Gasteiger partial charge >= 0.3 is 39.5 Å². The molecule has 0 aliphatic heterocycles. The Hall–Kier alpha value is -3.76. The molecule has 0 saturated heterocycles. The highest BCUT2D eigenvalue weighted by Crippen LogP contribution is 2.45. The van der Waals surface area contributed by atoms with Crippen molar-refractivity contribution in [1.82, 2.24) is 0 Å². The van der Waals surface area contributed by atoms with E-state index in [1.165, 1.54) is 135 Å². The summed E-state index contributed by atoms with van der Waals surface area (Å²) in [5, 5.41) is 10.7. The first-order valence-electron chi connectivity index (χ1n) is 41.8. The Labute approximate surface area is 634 Å². The molecule has 5 atom stereocenters. The van der Waals surface area contributed by atoms with E-state index in [-0.39, 0.29) is 25.7 Å². The van der Waals surface area contributed by atoms with Gasteiger partial charge in [-0.1, -0.05) is 337 Å². The van der Waals surface area contributed by atoms with Crippen LogP contribution in [0.25, 0.3) is 0 Å². The van der Waals surface area contributed by atoms with Crippen molar-refractivity contribution in [3.63, 3.8) is 0 Å². The van der Waals surface area contributed by atoms with Crippen molar-refractivity contribution < 1.29 is 80.2 Å². The lowest BCUT2D eigenvalue weighted by molar-refractivity contribution is -0.161. The number of phosphoric acid groups is 2. The van der Waals surface area contributed by atoms with Crippen LogP contribution in [0.1, 0.15) is 374 Å². The monoisotopic (exact) mass is 1510 g/mol. The summed E-state index contributed by atoms with van der Waals surface area (Å²) < 4.78 is 68.7. The molecule has 0 fully saturated rings. The minimum atomic E-state index is -4.98. The minimum absolute atomic E-state index is 0.0733. The van der Waals surface area contributed by atoms with Gasteiger partial charge in [0.1, 0.15) is 19.3 Å². The van der Waals surface area contributed by atoms with Crippen molar-refractivity contribution in [1.29, 1.82) is 0 Å². The summed E-state index contributed by atoms with van der Waals surface area (Å²) in [6, 6.07) is 0. The van der Waals surface area contributed by atoms with Gasteiger partial charge in [-0.15, -0.1) is 0 Å². The van der Waals surface area contributed by atoms with Crippen molar-refractivity contribution in [2.75, 3.05) is 39.6 Å². The molecule has 0 aliphatic carbocycles. The Morgan fingerprint density at radius 2 is 0.500 bits per heavy atom. The van der Waals surface area contributed by atoms with Gasteiger partial charge in [0, 0.05) is 25.7 Å². The second-order valence-corrected chi connectivity index (χ2v) is 30.9. The van der Waals surface area contributed by atoms with Crippen LogP contribution in [0.3, 0.4) is 0 Å². The number of esters is 4. The molecule has 0 heterocycles. The maximum Gasteiger partial charge on any atom is 0.472 e. The first kappa shape index (κ1) is 100. The molecular formula is C85H152O17P2. The molecule has 17 nitrogen and oxygen atoms in total. The lowest BCUT2D eigenvalue weighted by Gasteiger charge is -2.21. The Bertz CT molecular complexity index is 2300. The molecule has 0 radical (unpaired) electrons. The second-order valence-electron chi connectivity index (χ2n) is 28.0. The van der Waals surface area contributed by atoms with Crippen LogP contribution in [0, 0.1) is 0 Å². The van der Waals surface area contributed by atoms with Crippen molar-refractivity contribution in [2.45, 2.75) is 393 Å². The van der Waals surface area contributed by atoms with Crippen molar-refractivity contribution in [2.24, 2.45) is 0 Å². The lowest BCUT2D eigenvalue weighted by Crippen LogP contribution is -2.30. The van der Waals surface area contributed by atoms with Crippen molar-refractivity contribution in [3.05, 3.63) is 85.1 Å². The van der Waals surface area contributed by atoms with Gasteiger partial charge in [0.2, 0.25) is 0 Å². The molecule has 19 heteroatoms. The topological polar surface area (TPSA) is 237 Å². The van der Waals surface area contributed by atoms with Crippen LogP contribution in [0.4, 0.5) is 0 Å². The normalized spacial score (nSPS) is 14.3. The van der Waals surface area contributed by atoms with Gasteiger partial charge in [0.15, 0.2) is 12.2 Å². The average molecular weight is 1510 g/mol. The maximum absolute atomic E-state index is 13.1. The number of hydrogen-bond acceptors (Lipinski definition) is 15. The molecular weight excluding hydrogens is 1350 g/mol. The standard InChI is InChI=1S/C85H152O17P2/c1-5-9-13-17-21-25-29-33-37-38-39-40-44-46-50-54-58-62-66-70-83(88)96-76-81(102-85(90)72-68-64-60-56-52-48-43-36-32-28-24-20-16-12-8-4)78-100-104(93,94)98-74-79(86)73-97-103(91,92)99-77-80(101-84(89)71-67-63-59-55-51-47-42-35-31-27-23-19-15-11-7-3)75-95-82(87)69-65-61-57-53-49-45-41-34-30-26-22-18-14-10-6-2/h9,12-13,16,21,24-25,28,33,36-37,39-40,43,79-81,86H,5-8,10-11,14-15,17-20,22-23,26-27,29-32,34-35,38,41-42,44-78H2,1-4H3,(H,91,92)(H,93,94)/b13-9-,16-12-,25-21-,28-24-,37-33-,40-39-,43-36-. The van der Waals surface area contributed by atoms with E-state index in [9.17, 15) is 43.2 Å². The van der Waals surface area contributed by atoms with Crippen LogP contribution >= 0.6 is 15.6 Å². The number of aliphatic hydroxyl groups is 1. The molecule has 0 aromatic heterocycles. The Morgan fingerprint density at radius 1 is 0.279 bits per heavy atom. The van der Waals surface area contributed by atoms with E-state index in [1.807, 2.05) is 0 Å². The van der Waals surface area contributed by atoms with Crippen molar-refractivity contribution >= 4 is 39.5 Å². The van der Waals surface area contributed by atoms with Gasteiger partial charge in [-0.05, 0) is 96.3 Å². The summed E-state index contributed by atoms with van der Waals surface area (Å²) in [5.41, 5.74) is 0. The molecule has 0 spiro atoms. The zero-order valence-electron chi connectivity index (χ0n) is 66.2. The van der Waals surface area contributed by atoms with E-state index in [4.69, 9.17) is 37.0 Å². The number of ether oxygens (including phenoxy) is 4. The molecule has 0 aliphatic rings. The molecule has 604 valence electrons. The number of allylic oxidation sites excluding steroid dienone is 14. The van der Waals surface area contributed by atoms with Gasteiger partial charge in [-0.25, -0.2) is 9.13 Å². The highest BCUT2D eigenvalue weighted by molar-refractivity contribution is 7.47. The molecule has 0 amide bonds. The molecule has 0 rings (SSSR count). The number of carbonyl (C=O) groups excluding carboxylic acids is 4. The fourth-order valence-corrected chi connectivity index (χ4v) is 13.2. The summed E-state index contributed by atoms with van der Waals surface area (Å²) >= 11 is 0. The van der Waals surface area contributed by atoms with Crippen LogP contribution in [-0.4, -0.2) is 96.7 Å². The quantitative estimate of drug-likeness (QED) is 0.0169. The summed E-state index contributed by atoms with van der Waals surface area (Å²) in [5.74, 6) is -2.17. The predicted octanol–water partition coefficient (Wildman–Crippen LogP) is 24.6. The molecule has 0 aromatic rings. The highest BCUT2D eigenvalue weighted by Gasteiger charge is 2.30. The second kappa shape index (κ2) is 77.4. The highest BCUT2D eigenvalue weighted by atomic mass is 31.2. The first-order chi connectivity index (χ1) is 50.7. The minimum Gasteiger partial charge on any atom is -0.462 e. The smallest absolute Gasteiger partial charge is 0.462 e. The third-order valence-corrected chi connectivity index (χ3v) is 19.8. The molecule has 0 aromatic carbocycles. The number of phosphoric ester groups is 2. The third kappa shape index (κ3) is 76.4. The molecule has 3 N–H and O–H groups in total. The molecule has 104 heavy (non-hydrogen) atoms. The van der Waals surface area contributed by atoms with Crippen LogP contribution < -0.4 is 0 Å². The number of unbranched alkanes of at least 4 members (excludes halogenated alkanes) is 39. The van der Waals surface area contributed by atoms with E-state index >= 15 is 0 Å².